The first-order valence-electron chi connectivity index (χ1n) is 12.9. The van der Waals surface area contributed by atoms with Gasteiger partial charge >= 0.3 is 0 Å². The molecule has 1 saturated heterocycles. The van der Waals surface area contributed by atoms with Crippen LogP contribution < -0.4 is 10.2 Å². The summed E-state index contributed by atoms with van der Waals surface area (Å²) in [6.45, 7) is 6.63. The molecule has 1 aliphatic carbocycles. The molecule has 8 nitrogen and oxygen atoms in total. The van der Waals surface area contributed by atoms with E-state index in [0.717, 1.165) is 50.8 Å². The summed E-state index contributed by atoms with van der Waals surface area (Å²) >= 11 is 0. The number of carbonyl (C=O) groups excluding carboxylic acids is 3. The van der Waals surface area contributed by atoms with Crippen molar-refractivity contribution in [2.45, 2.75) is 77.8 Å². The number of anilines is 1. The zero-order chi connectivity index (χ0) is 25.6. The molecule has 2 fully saturated rings. The number of amides is 2. The molecule has 1 aliphatic heterocycles. The van der Waals surface area contributed by atoms with Crippen LogP contribution in [-0.4, -0.2) is 65.3 Å². The van der Waals surface area contributed by atoms with E-state index in [0.29, 0.717) is 29.4 Å². The van der Waals surface area contributed by atoms with Crippen molar-refractivity contribution in [2.24, 2.45) is 17.3 Å². The van der Waals surface area contributed by atoms with Gasteiger partial charge in [-0.15, -0.1) is 0 Å². The van der Waals surface area contributed by atoms with Crippen LogP contribution in [0.15, 0.2) is 24.3 Å². The van der Waals surface area contributed by atoms with E-state index in [-0.39, 0.29) is 30.9 Å². The van der Waals surface area contributed by atoms with Crippen LogP contribution in [0.3, 0.4) is 0 Å². The molecule has 0 radical (unpaired) electrons. The van der Waals surface area contributed by atoms with E-state index in [1.165, 1.54) is 0 Å². The monoisotopic (exact) mass is 487 g/mol. The molecule has 3 rings (SSSR count). The smallest absolute Gasteiger partial charge is 0.233 e. The third kappa shape index (κ3) is 7.04. The maximum Gasteiger partial charge on any atom is 0.233 e. The van der Waals surface area contributed by atoms with Gasteiger partial charge in [0.1, 0.15) is 0 Å². The number of carbonyl (C=O) groups is 3. The van der Waals surface area contributed by atoms with Crippen LogP contribution >= 0.6 is 0 Å². The Morgan fingerprint density at radius 1 is 1.14 bits per heavy atom. The fraction of sp³-hybridized carbons (Fsp3) is 0.667. The number of rotatable bonds is 11. The highest BCUT2D eigenvalue weighted by Crippen LogP contribution is 2.32. The minimum Gasteiger partial charge on any atom is -0.394 e. The summed E-state index contributed by atoms with van der Waals surface area (Å²) in [5.41, 5.74) is 0.949. The number of benzene rings is 1. The lowest BCUT2D eigenvalue weighted by atomic mass is 9.81. The van der Waals surface area contributed by atoms with Crippen molar-refractivity contribution in [1.82, 2.24) is 10.4 Å². The van der Waals surface area contributed by atoms with Gasteiger partial charge in [-0.2, -0.15) is 0 Å². The van der Waals surface area contributed by atoms with Crippen LogP contribution in [0.2, 0.25) is 0 Å². The van der Waals surface area contributed by atoms with Crippen molar-refractivity contribution in [3.05, 3.63) is 29.8 Å². The summed E-state index contributed by atoms with van der Waals surface area (Å²) in [4.78, 5) is 40.0. The number of nitrogens with zero attached hydrogens (tertiary/aromatic N) is 2. The number of Topliss-reactive ketones (excluding diaryl/α,β-unsaturated/α-hetero) is 1. The van der Waals surface area contributed by atoms with Crippen LogP contribution in [0.25, 0.3) is 0 Å². The quantitative estimate of drug-likeness (QED) is 0.191. The summed E-state index contributed by atoms with van der Waals surface area (Å²) < 4.78 is 0. The van der Waals surface area contributed by atoms with Crippen molar-refractivity contribution < 1.29 is 24.7 Å². The van der Waals surface area contributed by atoms with Crippen LogP contribution in [0.1, 0.15) is 76.1 Å². The molecule has 194 valence electrons. The molecule has 35 heavy (non-hydrogen) atoms. The topological polar surface area (TPSA) is 110 Å². The van der Waals surface area contributed by atoms with Crippen molar-refractivity contribution >= 4 is 23.8 Å². The number of hydrogen-bond acceptors (Lipinski definition) is 6. The van der Waals surface area contributed by atoms with E-state index in [2.05, 4.69) is 10.2 Å². The van der Waals surface area contributed by atoms with Gasteiger partial charge in [0.15, 0.2) is 5.78 Å². The molecule has 3 atom stereocenters. The predicted molar refractivity (Wildman–Crippen MR) is 134 cm³/mol. The molecule has 0 spiro atoms. The highest BCUT2D eigenvalue weighted by Gasteiger charge is 2.36. The summed E-state index contributed by atoms with van der Waals surface area (Å²) in [6, 6.07) is 6.72. The molecule has 2 amide bonds. The average Bonchev–Trinajstić information content (AvgIpc) is 3.52. The highest BCUT2D eigenvalue weighted by atomic mass is 16.5. The molecule has 1 saturated carbocycles. The highest BCUT2D eigenvalue weighted by molar-refractivity contribution is 6.02. The van der Waals surface area contributed by atoms with E-state index in [4.69, 9.17) is 0 Å². The lowest BCUT2D eigenvalue weighted by Crippen LogP contribution is -2.52. The maximum atomic E-state index is 13.5. The first-order valence-corrected chi connectivity index (χ1v) is 12.9. The normalized spacial score (nSPS) is 20.5. The molecule has 0 bridgehead atoms. The van der Waals surface area contributed by atoms with Gasteiger partial charge in [0.25, 0.3) is 0 Å². The van der Waals surface area contributed by atoms with Crippen LogP contribution in [-0.2, 0) is 9.59 Å². The van der Waals surface area contributed by atoms with Gasteiger partial charge in [0.2, 0.25) is 12.3 Å². The number of aliphatic hydroxyl groups excluding tert-OH is 1. The van der Waals surface area contributed by atoms with Gasteiger partial charge in [-0.05, 0) is 54.9 Å². The summed E-state index contributed by atoms with van der Waals surface area (Å²) in [5, 5.41) is 22.9. The summed E-state index contributed by atoms with van der Waals surface area (Å²) in [5.74, 6) is -0.687. The van der Waals surface area contributed by atoms with Gasteiger partial charge in [-0.3, -0.25) is 19.6 Å². The Bertz CT molecular complexity index is 861. The number of nitrogens with one attached hydrogen (secondary N) is 1. The lowest BCUT2D eigenvalue weighted by molar-refractivity contribution is -0.155. The van der Waals surface area contributed by atoms with E-state index in [9.17, 15) is 24.7 Å². The Morgan fingerprint density at radius 3 is 2.37 bits per heavy atom. The number of hydroxylamine groups is 2. The minimum absolute atomic E-state index is 0.0898. The molecular formula is C27H41N3O5. The third-order valence-electron chi connectivity index (χ3n) is 7.48. The fourth-order valence-corrected chi connectivity index (χ4v) is 5.47. The summed E-state index contributed by atoms with van der Waals surface area (Å²) in [7, 11) is 0. The van der Waals surface area contributed by atoms with Gasteiger partial charge < -0.3 is 15.3 Å². The second-order valence-electron chi connectivity index (χ2n) is 11.2. The predicted octanol–water partition coefficient (Wildman–Crippen LogP) is 3.41. The lowest BCUT2D eigenvalue weighted by Gasteiger charge is -2.32. The van der Waals surface area contributed by atoms with E-state index >= 15 is 0 Å². The average molecular weight is 488 g/mol. The van der Waals surface area contributed by atoms with E-state index in [1.54, 1.807) is 12.1 Å². The maximum absolute atomic E-state index is 13.5. The molecular weight excluding hydrogens is 446 g/mol. The summed E-state index contributed by atoms with van der Waals surface area (Å²) in [6.07, 6.45) is 7.21. The van der Waals surface area contributed by atoms with Crippen LogP contribution in [0.5, 0.6) is 0 Å². The molecule has 0 aromatic heterocycles. The Labute approximate surface area is 208 Å². The second-order valence-corrected chi connectivity index (χ2v) is 11.2. The van der Waals surface area contributed by atoms with Crippen LogP contribution in [0.4, 0.5) is 5.69 Å². The number of ketones is 1. The zero-order valence-corrected chi connectivity index (χ0v) is 21.3. The van der Waals surface area contributed by atoms with Gasteiger partial charge in [-0.25, -0.2) is 5.06 Å². The third-order valence-corrected chi connectivity index (χ3v) is 7.48. The molecule has 1 aromatic rings. The largest absolute Gasteiger partial charge is 0.394 e. The Kier molecular flexibility index (Phi) is 9.30. The van der Waals surface area contributed by atoms with E-state index < -0.39 is 17.4 Å². The molecule has 2 aliphatic rings. The molecule has 8 heteroatoms. The van der Waals surface area contributed by atoms with Crippen molar-refractivity contribution in [3.63, 3.8) is 0 Å². The molecule has 3 N–H and O–H groups in total. The first kappa shape index (κ1) is 27.1. The SMILES string of the molecule is CC(C)(C)[C@H](NC(=O)[C@H](CC1CCCC1)CN(O)C=O)C(=O)c1ccc(N2CCC[C@H]2CO)cc1. The standard InChI is InChI=1S/C27H41N3O5/c1-27(2,3)25(28-26(34)21(16-29(35)18-32)15-19-7-4-5-8-19)24(33)20-10-12-22(13-11-20)30-14-6-9-23(30)17-31/h10-13,18-19,21,23,25,31,35H,4-9,14-17H2,1-3H3,(H,28,34)/t21-,23+,25-/m1/s1. The zero-order valence-electron chi connectivity index (χ0n) is 21.3. The molecule has 1 heterocycles. The van der Waals surface area contributed by atoms with Gasteiger partial charge in [-0.1, -0.05) is 46.5 Å². The Hall–Kier alpha value is -2.45. The van der Waals surface area contributed by atoms with Crippen molar-refractivity contribution in [1.29, 1.82) is 0 Å². The minimum atomic E-state index is -0.757. The Morgan fingerprint density at radius 2 is 1.80 bits per heavy atom. The van der Waals surface area contributed by atoms with Gasteiger partial charge in [0.05, 0.1) is 31.2 Å². The fourth-order valence-electron chi connectivity index (χ4n) is 5.47. The second kappa shape index (κ2) is 12.0. The molecule has 0 unspecified atom stereocenters. The van der Waals surface area contributed by atoms with Gasteiger partial charge in [0, 0.05) is 17.8 Å². The molecule has 1 aromatic carbocycles. The Balaban J connectivity index is 1.75. The van der Waals surface area contributed by atoms with Crippen molar-refractivity contribution in [3.8, 4) is 0 Å². The number of aliphatic hydroxyl groups is 1. The van der Waals surface area contributed by atoms with E-state index in [1.807, 2.05) is 32.9 Å². The van der Waals surface area contributed by atoms with Crippen molar-refractivity contribution in [2.75, 3.05) is 24.6 Å². The first-order chi connectivity index (χ1) is 16.6. The van der Waals surface area contributed by atoms with Crippen LogP contribution in [0, 0.1) is 17.3 Å². The number of hydrogen-bond donors (Lipinski definition) is 3.